The Kier molecular flexibility index (Phi) is 5.20. The predicted octanol–water partition coefficient (Wildman–Crippen LogP) is 3.52. The number of para-hydroxylation sites is 1. The summed E-state index contributed by atoms with van der Waals surface area (Å²) in [5, 5.41) is 7.40. The lowest BCUT2D eigenvalue weighted by Crippen LogP contribution is -2.42. The number of nitrogens with one attached hydrogen (secondary N) is 2. The SMILES string of the molecule is CCNC(=O)c1ccnc(N[C@H]2CCCN(c3nc4ccccc4s3)C2)c1. The van der Waals surface area contributed by atoms with Gasteiger partial charge in [-0.2, -0.15) is 0 Å². The molecule has 0 unspecified atom stereocenters. The summed E-state index contributed by atoms with van der Waals surface area (Å²) >= 11 is 1.74. The Labute approximate surface area is 162 Å². The number of fused-ring (bicyclic) bond motifs is 1. The van der Waals surface area contributed by atoms with Crippen LogP contribution in [0.3, 0.4) is 0 Å². The van der Waals surface area contributed by atoms with Crippen molar-refractivity contribution in [1.82, 2.24) is 15.3 Å². The van der Waals surface area contributed by atoms with Crippen molar-refractivity contribution in [2.45, 2.75) is 25.8 Å². The Hall–Kier alpha value is -2.67. The number of pyridine rings is 1. The number of amides is 1. The molecule has 7 heteroatoms. The van der Waals surface area contributed by atoms with Crippen molar-refractivity contribution in [1.29, 1.82) is 0 Å². The third kappa shape index (κ3) is 4.03. The topological polar surface area (TPSA) is 70.2 Å². The first-order valence-electron chi connectivity index (χ1n) is 9.34. The fourth-order valence-electron chi connectivity index (χ4n) is 3.39. The first-order chi connectivity index (χ1) is 13.2. The van der Waals surface area contributed by atoms with Crippen LogP contribution in [0.5, 0.6) is 0 Å². The molecule has 1 saturated heterocycles. The van der Waals surface area contributed by atoms with E-state index < -0.39 is 0 Å². The zero-order valence-corrected chi connectivity index (χ0v) is 16.1. The summed E-state index contributed by atoms with van der Waals surface area (Å²) in [4.78, 5) is 23.5. The minimum absolute atomic E-state index is 0.0669. The Morgan fingerprint density at radius 1 is 1.33 bits per heavy atom. The zero-order chi connectivity index (χ0) is 18.6. The number of benzene rings is 1. The third-order valence-corrected chi connectivity index (χ3v) is 5.78. The van der Waals surface area contributed by atoms with Crippen LogP contribution in [0, 0.1) is 0 Å². The molecular formula is C20H23N5OS. The van der Waals surface area contributed by atoms with Gasteiger partial charge in [0, 0.05) is 37.4 Å². The van der Waals surface area contributed by atoms with E-state index in [9.17, 15) is 4.79 Å². The lowest BCUT2D eigenvalue weighted by Gasteiger charge is -2.33. The molecule has 1 atom stereocenters. The molecule has 0 spiro atoms. The van der Waals surface area contributed by atoms with Crippen molar-refractivity contribution in [3.8, 4) is 0 Å². The molecule has 2 N–H and O–H groups in total. The van der Waals surface area contributed by atoms with Gasteiger partial charge in [-0.3, -0.25) is 4.79 Å². The summed E-state index contributed by atoms with van der Waals surface area (Å²) < 4.78 is 1.22. The van der Waals surface area contributed by atoms with Crippen LogP contribution >= 0.6 is 11.3 Å². The first kappa shape index (κ1) is 17.7. The highest BCUT2D eigenvalue weighted by Crippen LogP contribution is 2.30. The lowest BCUT2D eigenvalue weighted by atomic mass is 10.1. The Balaban J connectivity index is 1.45. The molecule has 3 heterocycles. The van der Waals surface area contributed by atoms with Gasteiger partial charge in [0.15, 0.2) is 5.13 Å². The smallest absolute Gasteiger partial charge is 0.251 e. The van der Waals surface area contributed by atoms with Gasteiger partial charge in [-0.1, -0.05) is 23.5 Å². The van der Waals surface area contributed by atoms with E-state index in [2.05, 4.69) is 38.7 Å². The normalized spacial score (nSPS) is 17.1. The van der Waals surface area contributed by atoms with Crippen LogP contribution in [-0.2, 0) is 0 Å². The number of hydrogen-bond donors (Lipinski definition) is 2. The molecule has 4 rings (SSSR count). The van der Waals surface area contributed by atoms with Crippen LogP contribution in [0.25, 0.3) is 10.2 Å². The second kappa shape index (κ2) is 7.92. The molecule has 140 valence electrons. The van der Waals surface area contributed by atoms with Gasteiger partial charge in [-0.15, -0.1) is 0 Å². The molecule has 0 radical (unpaired) electrons. The number of nitrogens with zero attached hydrogens (tertiary/aromatic N) is 3. The van der Waals surface area contributed by atoms with Crippen LogP contribution in [0.15, 0.2) is 42.6 Å². The summed E-state index contributed by atoms with van der Waals surface area (Å²) in [6.45, 7) is 4.43. The summed E-state index contributed by atoms with van der Waals surface area (Å²) in [7, 11) is 0. The number of carbonyl (C=O) groups excluding carboxylic acids is 1. The van der Waals surface area contributed by atoms with Gasteiger partial charge in [0.2, 0.25) is 0 Å². The average molecular weight is 382 g/mol. The molecule has 1 amide bonds. The second-order valence-electron chi connectivity index (χ2n) is 6.68. The van der Waals surface area contributed by atoms with E-state index in [1.54, 1.807) is 23.6 Å². The van der Waals surface area contributed by atoms with E-state index in [-0.39, 0.29) is 11.9 Å². The molecular weight excluding hydrogens is 358 g/mol. The number of piperidine rings is 1. The largest absolute Gasteiger partial charge is 0.366 e. The number of thiazole rings is 1. The van der Waals surface area contributed by atoms with E-state index in [0.29, 0.717) is 12.1 Å². The van der Waals surface area contributed by atoms with Crippen molar-refractivity contribution in [2.24, 2.45) is 0 Å². The number of carbonyl (C=O) groups is 1. The Bertz CT molecular complexity index is 908. The summed E-state index contributed by atoms with van der Waals surface area (Å²) in [6.07, 6.45) is 3.86. The molecule has 1 fully saturated rings. The lowest BCUT2D eigenvalue weighted by molar-refractivity contribution is 0.0955. The van der Waals surface area contributed by atoms with Crippen molar-refractivity contribution in [3.63, 3.8) is 0 Å². The highest BCUT2D eigenvalue weighted by atomic mass is 32.1. The Morgan fingerprint density at radius 2 is 2.22 bits per heavy atom. The molecule has 0 aliphatic carbocycles. The van der Waals surface area contributed by atoms with Crippen molar-refractivity contribution in [2.75, 3.05) is 29.9 Å². The molecule has 1 aliphatic rings. The van der Waals surface area contributed by atoms with Crippen LogP contribution in [0.4, 0.5) is 10.9 Å². The molecule has 27 heavy (non-hydrogen) atoms. The van der Waals surface area contributed by atoms with Crippen LogP contribution in [0.2, 0.25) is 0 Å². The summed E-state index contributed by atoms with van der Waals surface area (Å²) in [6, 6.07) is 12.1. The van der Waals surface area contributed by atoms with Gasteiger partial charge in [0.05, 0.1) is 10.2 Å². The molecule has 1 aliphatic heterocycles. The molecule has 1 aromatic carbocycles. The number of rotatable bonds is 5. The zero-order valence-electron chi connectivity index (χ0n) is 15.3. The van der Waals surface area contributed by atoms with Gasteiger partial charge in [0.25, 0.3) is 5.91 Å². The fourth-order valence-corrected chi connectivity index (χ4v) is 4.39. The summed E-state index contributed by atoms with van der Waals surface area (Å²) in [5.74, 6) is 0.678. The van der Waals surface area contributed by atoms with Gasteiger partial charge in [-0.25, -0.2) is 9.97 Å². The molecule has 2 aromatic heterocycles. The van der Waals surface area contributed by atoms with Crippen LogP contribution in [0.1, 0.15) is 30.1 Å². The van der Waals surface area contributed by atoms with Gasteiger partial charge < -0.3 is 15.5 Å². The number of hydrogen-bond acceptors (Lipinski definition) is 6. The van der Waals surface area contributed by atoms with Crippen molar-refractivity contribution in [3.05, 3.63) is 48.2 Å². The fraction of sp³-hybridized carbons (Fsp3) is 0.350. The molecule has 0 saturated carbocycles. The van der Waals surface area contributed by atoms with Crippen LogP contribution < -0.4 is 15.5 Å². The van der Waals surface area contributed by atoms with Crippen LogP contribution in [-0.4, -0.2) is 41.6 Å². The van der Waals surface area contributed by atoms with E-state index in [1.165, 1.54) is 4.70 Å². The highest BCUT2D eigenvalue weighted by Gasteiger charge is 2.22. The number of aromatic nitrogens is 2. The summed E-state index contributed by atoms with van der Waals surface area (Å²) in [5.41, 5.74) is 1.69. The van der Waals surface area contributed by atoms with Crippen molar-refractivity contribution < 1.29 is 4.79 Å². The van der Waals surface area contributed by atoms with E-state index in [0.717, 1.165) is 42.4 Å². The van der Waals surface area contributed by atoms with E-state index >= 15 is 0 Å². The minimum Gasteiger partial charge on any atom is -0.366 e. The number of anilines is 2. The first-order valence-corrected chi connectivity index (χ1v) is 10.2. The molecule has 6 nitrogen and oxygen atoms in total. The molecule has 0 bridgehead atoms. The van der Waals surface area contributed by atoms with E-state index in [4.69, 9.17) is 4.98 Å². The third-order valence-electron chi connectivity index (χ3n) is 4.69. The Morgan fingerprint density at radius 3 is 3.07 bits per heavy atom. The highest BCUT2D eigenvalue weighted by molar-refractivity contribution is 7.22. The minimum atomic E-state index is -0.0669. The maximum absolute atomic E-state index is 12.0. The van der Waals surface area contributed by atoms with E-state index in [1.807, 2.05) is 19.1 Å². The maximum Gasteiger partial charge on any atom is 0.251 e. The average Bonchev–Trinajstić information content (AvgIpc) is 3.13. The van der Waals surface area contributed by atoms with Gasteiger partial charge >= 0.3 is 0 Å². The molecule has 3 aromatic rings. The monoisotopic (exact) mass is 381 g/mol. The predicted molar refractivity (Wildman–Crippen MR) is 111 cm³/mol. The quantitative estimate of drug-likeness (QED) is 0.708. The maximum atomic E-state index is 12.0. The standard InChI is InChI=1S/C20H23N5OS/c1-2-21-19(26)14-9-10-22-18(12-14)23-15-6-5-11-25(13-15)20-24-16-7-3-4-8-17(16)27-20/h3-4,7-10,12,15H,2,5-6,11,13H2,1H3,(H,21,26)(H,22,23)/t15-/m0/s1. The van der Waals surface area contributed by atoms with Gasteiger partial charge in [0.1, 0.15) is 5.82 Å². The second-order valence-corrected chi connectivity index (χ2v) is 7.69. The van der Waals surface area contributed by atoms with Crippen molar-refractivity contribution >= 4 is 38.4 Å². The van der Waals surface area contributed by atoms with Gasteiger partial charge in [-0.05, 0) is 44.0 Å².